The van der Waals surface area contributed by atoms with Gasteiger partial charge in [0.2, 0.25) is 0 Å². The van der Waals surface area contributed by atoms with Crippen LogP contribution in [0.25, 0.3) is 4.48 Å². The fourth-order valence-corrected chi connectivity index (χ4v) is 0.925. The predicted octanol–water partition coefficient (Wildman–Crippen LogP) is 3.35. The molecule has 0 spiro atoms. The van der Waals surface area contributed by atoms with E-state index in [0.717, 1.165) is 5.56 Å². The van der Waals surface area contributed by atoms with E-state index in [-0.39, 0.29) is 0 Å². The molecule has 0 atom stereocenters. The molecule has 1 aromatic rings. The van der Waals surface area contributed by atoms with Crippen LogP contribution in [0.2, 0.25) is 0 Å². The average Bonchev–Trinajstić information content (AvgIpc) is 2.05. The van der Waals surface area contributed by atoms with Gasteiger partial charge in [-0.2, -0.15) is 0 Å². The molecule has 0 saturated heterocycles. The van der Waals surface area contributed by atoms with Crippen molar-refractivity contribution >= 4 is 20.4 Å². The molecule has 2 heteroatoms. The number of halogens is 2. The molecule has 0 N–H and O–H groups in total. The van der Waals surface area contributed by atoms with Crippen molar-refractivity contribution in [3.8, 4) is 0 Å². The van der Waals surface area contributed by atoms with Gasteiger partial charge in [-0.05, 0) is 21.5 Å². The lowest BCUT2D eigenvalue weighted by Crippen LogP contribution is -1.71. The van der Waals surface area contributed by atoms with E-state index in [2.05, 4.69) is 15.9 Å². The van der Waals surface area contributed by atoms with Gasteiger partial charge < -0.3 is 0 Å². The molecule has 0 heterocycles. The third kappa shape index (κ3) is 1.67. The van der Waals surface area contributed by atoms with E-state index in [0.29, 0.717) is 10.8 Å². The average molecular weight is 201 g/mol. The van der Waals surface area contributed by atoms with Crippen LogP contribution in [0.5, 0.6) is 0 Å². The molecular formula is C8H6BrF. The number of benzene rings is 1. The standard InChI is InChI=1S/C8H6BrF/c9-8(6-10)7-4-2-1-3-5-7/h1-6H/b8-6-. The van der Waals surface area contributed by atoms with E-state index in [1.165, 1.54) is 0 Å². The highest BCUT2D eigenvalue weighted by Crippen LogP contribution is 2.19. The molecule has 1 aromatic carbocycles. The van der Waals surface area contributed by atoms with Crippen LogP contribution < -0.4 is 0 Å². The second kappa shape index (κ2) is 3.52. The molecule has 0 aliphatic carbocycles. The summed E-state index contributed by atoms with van der Waals surface area (Å²) in [5, 5.41) is 0. The van der Waals surface area contributed by atoms with Crippen LogP contribution in [-0.2, 0) is 0 Å². The molecule has 0 bridgehead atoms. The summed E-state index contributed by atoms with van der Waals surface area (Å²) in [7, 11) is 0. The lowest BCUT2D eigenvalue weighted by atomic mass is 10.2. The first kappa shape index (κ1) is 7.48. The molecule has 0 radical (unpaired) electrons. The number of hydrogen-bond acceptors (Lipinski definition) is 0. The first-order valence-electron chi connectivity index (χ1n) is 2.86. The van der Waals surface area contributed by atoms with Gasteiger partial charge in [0.25, 0.3) is 0 Å². The van der Waals surface area contributed by atoms with Gasteiger partial charge in [-0.25, -0.2) is 4.39 Å². The van der Waals surface area contributed by atoms with Gasteiger partial charge in [0.05, 0.1) is 4.48 Å². The van der Waals surface area contributed by atoms with Crippen molar-refractivity contribution in [1.29, 1.82) is 0 Å². The highest BCUT2D eigenvalue weighted by Gasteiger charge is 1.92. The highest BCUT2D eigenvalue weighted by molar-refractivity contribution is 9.15. The summed E-state index contributed by atoms with van der Waals surface area (Å²) in [6.07, 6.45) is 0.537. The van der Waals surface area contributed by atoms with E-state index in [4.69, 9.17) is 0 Å². The number of rotatable bonds is 1. The Labute approximate surface area is 67.5 Å². The summed E-state index contributed by atoms with van der Waals surface area (Å²) in [5.74, 6) is 0. The molecule has 0 saturated carbocycles. The normalized spacial score (nSPS) is 11.6. The molecule has 0 nitrogen and oxygen atoms in total. The van der Waals surface area contributed by atoms with Gasteiger partial charge in [0.1, 0.15) is 6.33 Å². The molecule has 0 fully saturated rings. The topological polar surface area (TPSA) is 0 Å². The van der Waals surface area contributed by atoms with E-state index in [9.17, 15) is 4.39 Å². The lowest BCUT2D eigenvalue weighted by molar-refractivity contribution is 0.726. The number of hydrogen-bond donors (Lipinski definition) is 0. The van der Waals surface area contributed by atoms with Gasteiger partial charge >= 0.3 is 0 Å². The Morgan fingerprint density at radius 3 is 2.40 bits per heavy atom. The van der Waals surface area contributed by atoms with Crippen molar-refractivity contribution in [2.75, 3.05) is 0 Å². The van der Waals surface area contributed by atoms with E-state index in [1.54, 1.807) is 0 Å². The summed E-state index contributed by atoms with van der Waals surface area (Å²) in [4.78, 5) is 0. The molecule has 0 amide bonds. The second-order valence-corrected chi connectivity index (χ2v) is 2.68. The maximum absolute atomic E-state index is 11.9. The van der Waals surface area contributed by atoms with Crippen molar-refractivity contribution in [3.63, 3.8) is 0 Å². The Kier molecular flexibility index (Phi) is 2.63. The van der Waals surface area contributed by atoms with Gasteiger partial charge in [0.15, 0.2) is 0 Å². The highest BCUT2D eigenvalue weighted by atomic mass is 79.9. The van der Waals surface area contributed by atoms with Crippen LogP contribution in [0, 0.1) is 0 Å². The summed E-state index contributed by atoms with van der Waals surface area (Å²) in [6, 6.07) is 9.28. The largest absolute Gasteiger partial charge is 0.214 e. The molecule has 10 heavy (non-hydrogen) atoms. The first-order chi connectivity index (χ1) is 4.84. The van der Waals surface area contributed by atoms with Crippen molar-refractivity contribution in [2.45, 2.75) is 0 Å². The monoisotopic (exact) mass is 200 g/mol. The smallest absolute Gasteiger partial charge is 0.101 e. The van der Waals surface area contributed by atoms with Crippen molar-refractivity contribution in [2.24, 2.45) is 0 Å². The van der Waals surface area contributed by atoms with Gasteiger partial charge in [-0.3, -0.25) is 0 Å². The quantitative estimate of drug-likeness (QED) is 0.653. The Hall–Kier alpha value is -0.630. The summed E-state index contributed by atoms with van der Waals surface area (Å²) >= 11 is 3.07. The molecule has 1 rings (SSSR count). The molecule has 52 valence electrons. The third-order valence-electron chi connectivity index (χ3n) is 1.15. The molecule has 0 aliphatic rings. The van der Waals surface area contributed by atoms with Gasteiger partial charge in [-0.1, -0.05) is 30.3 Å². The van der Waals surface area contributed by atoms with Crippen LogP contribution in [0.15, 0.2) is 36.7 Å². The zero-order valence-corrected chi connectivity index (χ0v) is 6.81. The van der Waals surface area contributed by atoms with Crippen molar-refractivity contribution < 1.29 is 4.39 Å². The van der Waals surface area contributed by atoms with E-state index < -0.39 is 0 Å². The summed E-state index contributed by atoms with van der Waals surface area (Å²) in [5.41, 5.74) is 0.852. The van der Waals surface area contributed by atoms with Crippen LogP contribution in [0.1, 0.15) is 5.56 Å². The summed E-state index contributed by atoms with van der Waals surface area (Å²) < 4.78 is 12.3. The molecule has 0 unspecified atom stereocenters. The SMILES string of the molecule is F/C=C(\Br)c1ccccc1. The van der Waals surface area contributed by atoms with Gasteiger partial charge in [0, 0.05) is 0 Å². The first-order valence-corrected chi connectivity index (χ1v) is 3.65. The maximum Gasteiger partial charge on any atom is 0.101 e. The Morgan fingerprint density at radius 1 is 1.30 bits per heavy atom. The zero-order valence-electron chi connectivity index (χ0n) is 5.22. The molecule has 0 aromatic heterocycles. The van der Waals surface area contributed by atoms with Gasteiger partial charge in [-0.15, -0.1) is 0 Å². The zero-order chi connectivity index (χ0) is 7.40. The fourth-order valence-electron chi connectivity index (χ4n) is 0.660. The second-order valence-electron chi connectivity index (χ2n) is 1.82. The lowest BCUT2D eigenvalue weighted by Gasteiger charge is -1.93. The summed E-state index contributed by atoms with van der Waals surface area (Å²) in [6.45, 7) is 0. The Bertz CT molecular complexity index is 228. The molecule has 0 aliphatic heterocycles. The van der Waals surface area contributed by atoms with Crippen LogP contribution >= 0.6 is 15.9 Å². The molecular weight excluding hydrogens is 195 g/mol. The van der Waals surface area contributed by atoms with Crippen molar-refractivity contribution in [1.82, 2.24) is 0 Å². The fraction of sp³-hybridized carbons (Fsp3) is 0. The van der Waals surface area contributed by atoms with Crippen molar-refractivity contribution in [3.05, 3.63) is 42.2 Å². The van der Waals surface area contributed by atoms with E-state index >= 15 is 0 Å². The minimum absolute atomic E-state index is 0.480. The van der Waals surface area contributed by atoms with Crippen LogP contribution in [0.3, 0.4) is 0 Å². The van der Waals surface area contributed by atoms with Crippen LogP contribution in [-0.4, -0.2) is 0 Å². The third-order valence-corrected chi connectivity index (χ3v) is 1.78. The Balaban J connectivity index is 2.96. The predicted molar refractivity (Wildman–Crippen MR) is 44.5 cm³/mol. The van der Waals surface area contributed by atoms with E-state index in [1.807, 2.05) is 30.3 Å². The van der Waals surface area contributed by atoms with Crippen LogP contribution in [0.4, 0.5) is 4.39 Å². The minimum atomic E-state index is 0.480. The maximum atomic E-state index is 11.9. The Morgan fingerprint density at radius 2 is 1.90 bits per heavy atom. The minimum Gasteiger partial charge on any atom is -0.214 e.